The Labute approximate surface area is 205 Å². The van der Waals surface area contributed by atoms with E-state index in [1.54, 1.807) is 25.6 Å². The molecule has 4 rings (SSSR count). The van der Waals surface area contributed by atoms with E-state index in [1.165, 1.54) is 0 Å². The predicted octanol–water partition coefficient (Wildman–Crippen LogP) is 6.75. The van der Waals surface area contributed by atoms with Gasteiger partial charge >= 0.3 is 0 Å². The Kier molecular flexibility index (Phi) is 7.12. The molecule has 1 aliphatic heterocycles. The summed E-state index contributed by atoms with van der Waals surface area (Å²) in [5, 5.41) is 0. The molecule has 0 N–H and O–H groups in total. The standard InChI is InChI=1S/C27H32O6S/c1-15(2)32-19-10-8-9-18(28-6)22(19)26-24-25(31-12-11-30-24)27(34-26)23-20(29-7)13-17(5)14-21(23)33-16(3)4/h8-10,13-16H,11-12H2,1-7H3. The molecule has 0 unspecified atom stereocenters. The van der Waals surface area contributed by atoms with Crippen molar-refractivity contribution in [3.05, 3.63) is 35.9 Å². The Hall–Kier alpha value is -3.06. The number of fused-ring (bicyclic) bond motifs is 1. The molecule has 1 aliphatic rings. The Bertz CT molecular complexity index is 1160. The predicted molar refractivity (Wildman–Crippen MR) is 136 cm³/mol. The summed E-state index contributed by atoms with van der Waals surface area (Å²) in [6, 6.07) is 9.85. The van der Waals surface area contributed by atoms with Crippen molar-refractivity contribution < 1.29 is 28.4 Å². The van der Waals surface area contributed by atoms with Gasteiger partial charge in [-0.15, -0.1) is 11.3 Å². The van der Waals surface area contributed by atoms with Crippen molar-refractivity contribution in [1.29, 1.82) is 0 Å². The summed E-state index contributed by atoms with van der Waals surface area (Å²) in [6.07, 6.45) is -0.000495. The molecule has 6 nitrogen and oxygen atoms in total. The zero-order valence-corrected chi connectivity index (χ0v) is 21.6. The molecule has 0 saturated carbocycles. The fraction of sp³-hybridized carbons (Fsp3) is 0.407. The van der Waals surface area contributed by atoms with Crippen LogP contribution < -0.4 is 28.4 Å². The highest BCUT2D eigenvalue weighted by molar-refractivity contribution is 7.20. The van der Waals surface area contributed by atoms with Gasteiger partial charge in [0.1, 0.15) is 36.2 Å². The second-order valence-corrected chi connectivity index (χ2v) is 9.64. The average Bonchev–Trinajstić information content (AvgIpc) is 3.16. The van der Waals surface area contributed by atoms with Crippen molar-refractivity contribution >= 4 is 11.3 Å². The zero-order valence-electron chi connectivity index (χ0n) is 20.8. The monoisotopic (exact) mass is 484 g/mol. The van der Waals surface area contributed by atoms with Gasteiger partial charge in [-0.1, -0.05) is 6.07 Å². The first kappa shape index (κ1) is 24.1. The lowest BCUT2D eigenvalue weighted by atomic mass is 10.1. The molecule has 2 heterocycles. The smallest absolute Gasteiger partial charge is 0.180 e. The molecular formula is C27H32O6S. The van der Waals surface area contributed by atoms with Gasteiger partial charge in [0.25, 0.3) is 0 Å². The van der Waals surface area contributed by atoms with Gasteiger partial charge in [-0.25, -0.2) is 0 Å². The highest BCUT2D eigenvalue weighted by Gasteiger charge is 2.32. The number of thiophene rings is 1. The summed E-state index contributed by atoms with van der Waals surface area (Å²) in [4.78, 5) is 1.77. The van der Waals surface area contributed by atoms with Crippen molar-refractivity contribution in [2.45, 2.75) is 46.8 Å². The van der Waals surface area contributed by atoms with E-state index in [9.17, 15) is 0 Å². The second-order valence-electron chi connectivity index (χ2n) is 8.62. The van der Waals surface area contributed by atoms with E-state index in [2.05, 4.69) is 0 Å². The molecule has 182 valence electrons. The molecule has 0 fully saturated rings. The topological polar surface area (TPSA) is 55.4 Å². The summed E-state index contributed by atoms with van der Waals surface area (Å²) in [6.45, 7) is 11.0. The van der Waals surface area contributed by atoms with Gasteiger partial charge < -0.3 is 28.4 Å². The summed E-state index contributed by atoms with van der Waals surface area (Å²) >= 11 is 1.56. The molecule has 0 amide bonds. The first-order chi connectivity index (χ1) is 16.3. The third kappa shape index (κ3) is 4.62. The first-order valence-electron chi connectivity index (χ1n) is 11.5. The van der Waals surface area contributed by atoms with Crippen molar-refractivity contribution in [1.82, 2.24) is 0 Å². The highest BCUT2D eigenvalue weighted by atomic mass is 32.1. The van der Waals surface area contributed by atoms with Gasteiger partial charge in [0.15, 0.2) is 11.5 Å². The molecule has 34 heavy (non-hydrogen) atoms. The Morgan fingerprint density at radius 2 is 1.24 bits per heavy atom. The van der Waals surface area contributed by atoms with Crippen LogP contribution in [0.1, 0.15) is 33.3 Å². The fourth-order valence-corrected chi connectivity index (χ4v) is 5.29. The molecule has 7 heteroatoms. The maximum Gasteiger partial charge on any atom is 0.180 e. The number of benzene rings is 2. The lowest BCUT2D eigenvalue weighted by molar-refractivity contribution is 0.174. The minimum absolute atomic E-state index is 0.00141. The van der Waals surface area contributed by atoms with Gasteiger partial charge in [-0.2, -0.15) is 0 Å². The maximum absolute atomic E-state index is 6.23. The van der Waals surface area contributed by atoms with Gasteiger partial charge in [-0.3, -0.25) is 0 Å². The first-order valence-corrected chi connectivity index (χ1v) is 12.3. The summed E-state index contributed by atoms with van der Waals surface area (Å²) in [5.74, 6) is 4.27. The molecule has 0 spiro atoms. The van der Waals surface area contributed by atoms with Crippen LogP contribution >= 0.6 is 11.3 Å². The van der Waals surface area contributed by atoms with Crippen LogP contribution in [0.5, 0.6) is 34.5 Å². The SMILES string of the molecule is COc1cccc(OC(C)C)c1-c1sc(-c2c(OC)cc(C)cc2OC(C)C)c2c1OCCO2. The lowest BCUT2D eigenvalue weighted by Gasteiger charge is -2.21. The molecule has 1 aromatic heterocycles. The molecular weight excluding hydrogens is 452 g/mol. The molecule has 2 aromatic carbocycles. The molecule has 0 atom stereocenters. The van der Waals surface area contributed by atoms with E-state index in [0.29, 0.717) is 30.5 Å². The van der Waals surface area contributed by atoms with Crippen LogP contribution in [0.25, 0.3) is 20.9 Å². The lowest BCUT2D eigenvalue weighted by Crippen LogP contribution is -2.15. The molecule has 0 aliphatic carbocycles. The third-order valence-corrected chi connectivity index (χ3v) is 6.40. The number of hydrogen-bond acceptors (Lipinski definition) is 7. The van der Waals surface area contributed by atoms with E-state index in [-0.39, 0.29) is 12.2 Å². The van der Waals surface area contributed by atoms with Crippen molar-refractivity contribution in [3.63, 3.8) is 0 Å². The van der Waals surface area contributed by atoms with E-state index >= 15 is 0 Å². The molecule has 0 radical (unpaired) electrons. The van der Waals surface area contributed by atoms with Crippen LogP contribution in [0, 0.1) is 6.92 Å². The second kappa shape index (κ2) is 10.1. The third-order valence-electron chi connectivity index (χ3n) is 5.22. The van der Waals surface area contributed by atoms with E-state index in [1.807, 2.05) is 65.0 Å². The minimum atomic E-state index is -0.00190. The number of rotatable bonds is 8. The van der Waals surface area contributed by atoms with Gasteiger partial charge in [-0.05, 0) is 64.4 Å². The summed E-state index contributed by atoms with van der Waals surface area (Å²) in [7, 11) is 3.33. The molecule has 0 bridgehead atoms. The van der Waals surface area contributed by atoms with Crippen molar-refractivity contribution in [3.8, 4) is 55.4 Å². The van der Waals surface area contributed by atoms with Gasteiger partial charge in [0, 0.05) is 0 Å². The molecule has 3 aromatic rings. The highest BCUT2D eigenvalue weighted by Crippen LogP contribution is 2.59. The van der Waals surface area contributed by atoms with Crippen LogP contribution in [0.2, 0.25) is 0 Å². The van der Waals surface area contributed by atoms with Crippen LogP contribution in [0.4, 0.5) is 0 Å². The Morgan fingerprint density at radius 1 is 0.735 bits per heavy atom. The van der Waals surface area contributed by atoms with E-state index < -0.39 is 0 Å². The number of aryl methyl sites for hydroxylation is 1. The van der Waals surface area contributed by atoms with Crippen molar-refractivity contribution in [2.24, 2.45) is 0 Å². The van der Waals surface area contributed by atoms with Crippen LogP contribution in [0.3, 0.4) is 0 Å². The quantitative estimate of drug-likeness (QED) is 0.352. The number of hydrogen-bond donors (Lipinski definition) is 0. The Balaban J connectivity index is 2.01. The number of ether oxygens (including phenoxy) is 6. The van der Waals surface area contributed by atoms with Crippen LogP contribution in [-0.4, -0.2) is 39.6 Å². The normalized spacial score (nSPS) is 12.7. The van der Waals surface area contributed by atoms with Crippen LogP contribution in [-0.2, 0) is 0 Å². The van der Waals surface area contributed by atoms with Crippen molar-refractivity contribution in [2.75, 3.05) is 27.4 Å². The molecule has 0 saturated heterocycles. The Morgan fingerprint density at radius 3 is 1.79 bits per heavy atom. The zero-order chi connectivity index (χ0) is 24.4. The van der Waals surface area contributed by atoms with E-state index in [0.717, 1.165) is 43.7 Å². The van der Waals surface area contributed by atoms with Gasteiger partial charge in [0.05, 0.1) is 47.3 Å². The summed E-state index contributed by atoms with van der Waals surface area (Å²) < 4.78 is 36.3. The number of methoxy groups -OCH3 is 2. The average molecular weight is 485 g/mol. The largest absolute Gasteiger partial charge is 0.496 e. The minimum Gasteiger partial charge on any atom is -0.496 e. The maximum atomic E-state index is 6.23. The summed E-state index contributed by atoms with van der Waals surface area (Å²) in [5.41, 5.74) is 2.74. The van der Waals surface area contributed by atoms with E-state index in [4.69, 9.17) is 28.4 Å². The fourth-order valence-electron chi connectivity index (χ4n) is 3.99. The van der Waals surface area contributed by atoms with Gasteiger partial charge in [0.2, 0.25) is 0 Å². The van der Waals surface area contributed by atoms with Crippen LogP contribution in [0.15, 0.2) is 30.3 Å².